The average molecular weight is 245 g/mol. The molecule has 0 aliphatic rings. The molecule has 0 bridgehead atoms. The summed E-state index contributed by atoms with van der Waals surface area (Å²) in [5, 5.41) is 7.28. The SMILES string of the molecule is Nc1nc(SCc2cc3ccccn3c2)n[nH]1. The molecule has 0 aromatic carbocycles. The molecular formula is C11H11N5S. The van der Waals surface area contributed by atoms with Crippen molar-refractivity contribution in [3.8, 4) is 0 Å². The van der Waals surface area contributed by atoms with Crippen LogP contribution in [0.4, 0.5) is 5.95 Å². The molecule has 3 N–H and O–H groups in total. The van der Waals surface area contributed by atoms with Gasteiger partial charge in [0.25, 0.3) is 0 Å². The monoisotopic (exact) mass is 245 g/mol. The summed E-state index contributed by atoms with van der Waals surface area (Å²) >= 11 is 1.56. The van der Waals surface area contributed by atoms with Crippen LogP contribution in [-0.2, 0) is 5.75 Å². The molecule has 0 saturated carbocycles. The summed E-state index contributed by atoms with van der Waals surface area (Å²) in [5.41, 5.74) is 7.89. The minimum absolute atomic E-state index is 0.356. The number of nitrogens with one attached hydrogen (secondary N) is 1. The molecule has 0 aliphatic heterocycles. The first-order valence-electron chi connectivity index (χ1n) is 5.17. The van der Waals surface area contributed by atoms with Gasteiger partial charge in [-0.15, -0.1) is 5.10 Å². The molecule has 17 heavy (non-hydrogen) atoms. The zero-order valence-corrected chi connectivity index (χ0v) is 9.81. The Kier molecular flexibility index (Phi) is 2.49. The fraction of sp³-hybridized carbons (Fsp3) is 0.0909. The lowest BCUT2D eigenvalue weighted by Gasteiger charge is -1.92. The van der Waals surface area contributed by atoms with Gasteiger partial charge in [0, 0.05) is 23.7 Å². The molecule has 0 amide bonds. The van der Waals surface area contributed by atoms with Gasteiger partial charge in [0.05, 0.1) is 0 Å². The number of aromatic nitrogens is 4. The number of pyridine rings is 1. The van der Waals surface area contributed by atoms with E-state index in [1.807, 2.05) is 18.3 Å². The van der Waals surface area contributed by atoms with Gasteiger partial charge in [-0.1, -0.05) is 17.8 Å². The van der Waals surface area contributed by atoms with Crippen LogP contribution < -0.4 is 5.73 Å². The summed E-state index contributed by atoms with van der Waals surface area (Å²) in [4.78, 5) is 4.05. The van der Waals surface area contributed by atoms with Crippen LogP contribution in [0.15, 0.2) is 41.8 Å². The lowest BCUT2D eigenvalue weighted by Crippen LogP contribution is -1.85. The maximum Gasteiger partial charge on any atom is 0.216 e. The van der Waals surface area contributed by atoms with Gasteiger partial charge in [-0.05, 0) is 23.8 Å². The molecule has 0 fully saturated rings. The first kappa shape index (κ1) is 10.2. The van der Waals surface area contributed by atoms with Crippen LogP contribution in [0.1, 0.15) is 5.56 Å². The van der Waals surface area contributed by atoms with E-state index in [0.29, 0.717) is 11.1 Å². The summed E-state index contributed by atoms with van der Waals surface area (Å²) in [6, 6.07) is 8.28. The van der Waals surface area contributed by atoms with Crippen LogP contribution in [0.5, 0.6) is 0 Å². The van der Waals surface area contributed by atoms with E-state index in [9.17, 15) is 0 Å². The number of thioether (sulfide) groups is 1. The van der Waals surface area contributed by atoms with E-state index in [-0.39, 0.29) is 0 Å². The molecule has 3 aromatic rings. The number of fused-ring (bicyclic) bond motifs is 1. The van der Waals surface area contributed by atoms with Gasteiger partial charge in [-0.3, -0.25) is 0 Å². The number of nitrogen functional groups attached to an aromatic ring is 1. The predicted octanol–water partition coefficient (Wildman–Crippen LogP) is 1.93. The average Bonchev–Trinajstić information content (AvgIpc) is 2.91. The second kappa shape index (κ2) is 4.14. The Balaban J connectivity index is 1.76. The molecule has 3 rings (SSSR count). The Morgan fingerprint density at radius 3 is 3.12 bits per heavy atom. The Hall–Kier alpha value is -1.95. The van der Waals surface area contributed by atoms with Gasteiger partial charge in [0.15, 0.2) is 0 Å². The van der Waals surface area contributed by atoms with E-state index >= 15 is 0 Å². The van der Waals surface area contributed by atoms with Crippen molar-refractivity contribution in [2.45, 2.75) is 10.9 Å². The minimum Gasteiger partial charge on any atom is -0.368 e. The molecule has 0 unspecified atom stereocenters. The predicted molar refractivity (Wildman–Crippen MR) is 67.8 cm³/mol. The van der Waals surface area contributed by atoms with Crippen molar-refractivity contribution in [1.29, 1.82) is 0 Å². The molecule has 3 heterocycles. The van der Waals surface area contributed by atoms with Crippen molar-refractivity contribution in [3.05, 3.63) is 42.2 Å². The number of nitrogens with two attached hydrogens (primary N) is 1. The lowest BCUT2D eigenvalue weighted by atomic mass is 10.3. The summed E-state index contributed by atoms with van der Waals surface area (Å²) in [7, 11) is 0. The third-order valence-corrected chi connectivity index (χ3v) is 3.33. The highest BCUT2D eigenvalue weighted by Gasteiger charge is 2.03. The van der Waals surface area contributed by atoms with Crippen LogP contribution in [0, 0.1) is 0 Å². The summed E-state index contributed by atoms with van der Waals surface area (Å²) in [5.74, 6) is 1.19. The topological polar surface area (TPSA) is 72.0 Å². The molecule has 0 atom stereocenters. The number of anilines is 1. The van der Waals surface area contributed by atoms with Crippen molar-refractivity contribution in [3.63, 3.8) is 0 Å². The van der Waals surface area contributed by atoms with Gasteiger partial charge >= 0.3 is 0 Å². The molecule has 0 saturated heterocycles. The van der Waals surface area contributed by atoms with Crippen molar-refractivity contribution in [2.75, 3.05) is 5.73 Å². The summed E-state index contributed by atoms with van der Waals surface area (Å²) in [6.07, 6.45) is 4.15. The van der Waals surface area contributed by atoms with E-state index in [1.165, 1.54) is 11.1 Å². The molecular weight excluding hydrogens is 234 g/mol. The van der Waals surface area contributed by atoms with Gasteiger partial charge < -0.3 is 10.1 Å². The Labute approximate surface area is 102 Å². The van der Waals surface area contributed by atoms with Crippen molar-refractivity contribution in [2.24, 2.45) is 0 Å². The fourth-order valence-corrected chi connectivity index (χ4v) is 2.39. The van der Waals surface area contributed by atoms with Crippen LogP contribution >= 0.6 is 11.8 Å². The molecule has 0 aliphatic carbocycles. The molecule has 0 spiro atoms. The van der Waals surface area contributed by atoms with Gasteiger partial charge in [0.2, 0.25) is 11.1 Å². The van der Waals surface area contributed by atoms with E-state index < -0.39 is 0 Å². The van der Waals surface area contributed by atoms with Crippen molar-refractivity contribution >= 4 is 23.2 Å². The second-order valence-corrected chi connectivity index (χ2v) is 4.62. The van der Waals surface area contributed by atoms with Crippen LogP contribution in [-0.4, -0.2) is 19.6 Å². The third-order valence-electron chi connectivity index (χ3n) is 2.41. The fourth-order valence-electron chi connectivity index (χ4n) is 1.66. The number of hydrogen-bond acceptors (Lipinski definition) is 4. The number of nitrogens with zero attached hydrogens (tertiary/aromatic N) is 3. The van der Waals surface area contributed by atoms with Crippen molar-refractivity contribution < 1.29 is 0 Å². The van der Waals surface area contributed by atoms with Gasteiger partial charge in [-0.25, -0.2) is 5.10 Å². The third kappa shape index (κ3) is 2.12. The smallest absolute Gasteiger partial charge is 0.216 e. The first-order chi connectivity index (χ1) is 8.31. The molecule has 3 aromatic heterocycles. The Morgan fingerprint density at radius 1 is 1.41 bits per heavy atom. The number of aromatic amines is 1. The van der Waals surface area contributed by atoms with Crippen LogP contribution in [0.25, 0.3) is 5.52 Å². The minimum atomic E-state index is 0.356. The maximum atomic E-state index is 5.46. The number of hydrogen-bond donors (Lipinski definition) is 2. The van der Waals surface area contributed by atoms with Crippen molar-refractivity contribution in [1.82, 2.24) is 19.6 Å². The zero-order chi connectivity index (χ0) is 11.7. The summed E-state index contributed by atoms with van der Waals surface area (Å²) in [6.45, 7) is 0. The van der Waals surface area contributed by atoms with E-state index in [2.05, 4.69) is 37.9 Å². The molecule has 86 valence electrons. The molecule has 0 radical (unpaired) electrons. The van der Waals surface area contributed by atoms with Gasteiger partial charge in [-0.2, -0.15) is 4.98 Å². The Morgan fingerprint density at radius 2 is 2.35 bits per heavy atom. The largest absolute Gasteiger partial charge is 0.368 e. The first-order valence-corrected chi connectivity index (χ1v) is 6.16. The number of H-pyrrole nitrogens is 1. The standard InChI is InChI=1S/C11H11N5S/c12-10-13-11(15-14-10)17-7-8-5-9-3-1-2-4-16(9)6-8/h1-6H,7H2,(H3,12,13,14,15). The van der Waals surface area contributed by atoms with Gasteiger partial charge in [0.1, 0.15) is 0 Å². The summed E-state index contributed by atoms with van der Waals surface area (Å²) < 4.78 is 2.10. The number of rotatable bonds is 3. The molecule has 6 heteroatoms. The highest BCUT2D eigenvalue weighted by Crippen LogP contribution is 2.21. The highest BCUT2D eigenvalue weighted by atomic mass is 32.2. The lowest BCUT2D eigenvalue weighted by molar-refractivity contribution is 0.973. The maximum absolute atomic E-state index is 5.46. The normalized spacial score (nSPS) is 11.1. The van der Waals surface area contributed by atoms with E-state index in [4.69, 9.17) is 5.73 Å². The second-order valence-electron chi connectivity index (χ2n) is 3.67. The zero-order valence-electron chi connectivity index (χ0n) is 9.00. The quantitative estimate of drug-likeness (QED) is 0.692. The van der Waals surface area contributed by atoms with Crippen LogP contribution in [0.2, 0.25) is 0 Å². The molecule has 5 nitrogen and oxygen atoms in total. The van der Waals surface area contributed by atoms with E-state index in [0.717, 1.165) is 5.75 Å². The van der Waals surface area contributed by atoms with E-state index in [1.54, 1.807) is 11.8 Å². The highest BCUT2D eigenvalue weighted by molar-refractivity contribution is 7.98. The Bertz CT molecular complexity index is 609. The van der Waals surface area contributed by atoms with Crippen LogP contribution in [0.3, 0.4) is 0 Å².